The summed E-state index contributed by atoms with van der Waals surface area (Å²) >= 11 is 0. The second kappa shape index (κ2) is 10.8. The highest BCUT2D eigenvalue weighted by Crippen LogP contribution is 2.10. The van der Waals surface area contributed by atoms with Crippen LogP contribution in [0.3, 0.4) is 0 Å². The van der Waals surface area contributed by atoms with Crippen molar-refractivity contribution in [3.63, 3.8) is 0 Å². The van der Waals surface area contributed by atoms with E-state index in [0.29, 0.717) is 0 Å². The maximum absolute atomic E-state index is 5.42. The van der Waals surface area contributed by atoms with Gasteiger partial charge in [0.25, 0.3) is 0 Å². The van der Waals surface area contributed by atoms with Crippen molar-refractivity contribution in [2.24, 2.45) is 4.99 Å². The van der Waals surface area contributed by atoms with Crippen LogP contribution in [0.5, 0.6) is 0 Å². The van der Waals surface area contributed by atoms with E-state index in [9.17, 15) is 0 Å². The van der Waals surface area contributed by atoms with E-state index >= 15 is 0 Å². The summed E-state index contributed by atoms with van der Waals surface area (Å²) in [6, 6.07) is 17.4. The largest absolute Gasteiger partial charge is 0.379 e. The van der Waals surface area contributed by atoms with Crippen molar-refractivity contribution in [2.75, 3.05) is 33.4 Å². The fourth-order valence-corrected chi connectivity index (χ4v) is 3.44. The topological polar surface area (TPSA) is 48.9 Å². The zero-order chi connectivity index (χ0) is 19.6. The van der Waals surface area contributed by atoms with Gasteiger partial charge in [-0.15, -0.1) is 0 Å². The third kappa shape index (κ3) is 6.08. The summed E-state index contributed by atoms with van der Waals surface area (Å²) in [4.78, 5) is 6.79. The summed E-state index contributed by atoms with van der Waals surface area (Å²) in [7, 11) is 1.81. The summed E-state index contributed by atoms with van der Waals surface area (Å²) in [6.07, 6.45) is 1.04. The lowest BCUT2D eigenvalue weighted by atomic mass is 10.1. The molecule has 1 aliphatic rings. The Kier molecular flexibility index (Phi) is 7.88. The van der Waals surface area contributed by atoms with Gasteiger partial charge in [0.15, 0.2) is 5.96 Å². The van der Waals surface area contributed by atoms with E-state index in [4.69, 9.17) is 4.74 Å². The highest BCUT2D eigenvalue weighted by Gasteiger charge is 2.10. The summed E-state index contributed by atoms with van der Waals surface area (Å²) in [5, 5.41) is 6.82. The van der Waals surface area contributed by atoms with Crippen LogP contribution in [-0.2, 0) is 30.8 Å². The molecule has 0 saturated carbocycles. The lowest BCUT2D eigenvalue weighted by Crippen LogP contribution is -2.36. The van der Waals surface area contributed by atoms with Crippen LogP contribution in [0.2, 0.25) is 0 Å². The lowest BCUT2D eigenvalue weighted by molar-refractivity contribution is 0.0342. The van der Waals surface area contributed by atoms with Gasteiger partial charge in [0.1, 0.15) is 0 Å². The molecule has 3 rings (SSSR count). The van der Waals surface area contributed by atoms with Crippen LogP contribution in [0.15, 0.2) is 53.5 Å². The van der Waals surface area contributed by atoms with Crippen molar-refractivity contribution in [2.45, 2.75) is 33.0 Å². The van der Waals surface area contributed by atoms with Crippen LogP contribution in [0.1, 0.15) is 29.2 Å². The van der Waals surface area contributed by atoms with Crippen LogP contribution in [0.25, 0.3) is 0 Å². The van der Waals surface area contributed by atoms with Gasteiger partial charge in [0, 0.05) is 39.8 Å². The zero-order valence-electron chi connectivity index (χ0n) is 17.1. The monoisotopic (exact) mass is 380 g/mol. The second-order valence-corrected chi connectivity index (χ2v) is 7.11. The average molecular weight is 381 g/mol. The Morgan fingerprint density at radius 3 is 2.25 bits per heavy atom. The van der Waals surface area contributed by atoms with Gasteiger partial charge >= 0.3 is 0 Å². The molecule has 0 radical (unpaired) electrons. The predicted molar refractivity (Wildman–Crippen MR) is 115 cm³/mol. The van der Waals surface area contributed by atoms with Gasteiger partial charge in [-0.05, 0) is 28.7 Å². The van der Waals surface area contributed by atoms with E-state index in [1.54, 1.807) is 0 Å². The molecular formula is C23H32N4O. The molecule has 5 heteroatoms. The number of aryl methyl sites for hydroxylation is 1. The van der Waals surface area contributed by atoms with E-state index < -0.39 is 0 Å². The van der Waals surface area contributed by atoms with Gasteiger partial charge in [-0.3, -0.25) is 9.89 Å². The molecule has 0 unspecified atom stereocenters. The second-order valence-electron chi connectivity index (χ2n) is 7.11. The fourth-order valence-electron chi connectivity index (χ4n) is 3.44. The standard InChI is InChI=1S/C23H32N4O/c1-3-21-6-4-5-7-22(21)17-26-23(24-2)25-16-19-8-10-20(11-9-19)18-27-12-14-28-15-13-27/h4-11H,3,12-18H2,1-2H3,(H2,24,25,26). The Labute approximate surface area is 168 Å². The van der Waals surface area contributed by atoms with Gasteiger partial charge in [0.2, 0.25) is 0 Å². The molecule has 0 amide bonds. The molecule has 0 spiro atoms. The molecular weight excluding hydrogens is 348 g/mol. The van der Waals surface area contributed by atoms with Gasteiger partial charge < -0.3 is 15.4 Å². The molecule has 2 N–H and O–H groups in total. The molecule has 1 heterocycles. The minimum atomic E-state index is 0.757. The van der Waals surface area contributed by atoms with Crippen LogP contribution in [0, 0.1) is 0 Å². The zero-order valence-corrected chi connectivity index (χ0v) is 17.1. The highest BCUT2D eigenvalue weighted by atomic mass is 16.5. The third-order valence-electron chi connectivity index (χ3n) is 5.16. The molecule has 1 aliphatic heterocycles. The van der Waals surface area contributed by atoms with Gasteiger partial charge in [0.05, 0.1) is 13.2 Å². The number of ether oxygens (including phenoxy) is 1. The minimum absolute atomic E-state index is 0.757. The van der Waals surface area contributed by atoms with Crippen molar-refractivity contribution in [3.8, 4) is 0 Å². The molecule has 2 aromatic carbocycles. The third-order valence-corrected chi connectivity index (χ3v) is 5.16. The SMILES string of the molecule is CCc1ccccc1CNC(=NC)NCc1ccc(CN2CCOCC2)cc1. The molecule has 0 aliphatic carbocycles. The fraction of sp³-hybridized carbons (Fsp3) is 0.435. The van der Waals surface area contributed by atoms with Crippen molar-refractivity contribution >= 4 is 5.96 Å². The van der Waals surface area contributed by atoms with Crippen molar-refractivity contribution < 1.29 is 4.74 Å². The van der Waals surface area contributed by atoms with E-state index in [1.165, 1.54) is 22.3 Å². The Bertz CT molecular complexity index is 751. The molecule has 150 valence electrons. The maximum atomic E-state index is 5.42. The summed E-state index contributed by atoms with van der Waals surface area (Å²) < 4.78 is 5.42. The van der Waals surface area contributed by atoms with E-state index in [1.807, 2.05) is 7.05 Å². The summed E-state index contributed by atoms with van der Waals surface area (Å²) in [5.41, 5.74) is 5.30. The molecule has 5 nitrogen and oxygen atoms in total. The van der Waals surface area contributed by atoms with Gasteiger partial charge in [-0.1, -0.05) is 55.5 Å². The normalized spacial score (nSPS) is 15.4. The predicted octanol–water partition coefficient (Wildman–Crippen LogP) is 2.95. The van der Waals surface area contributed by atoms with Crippen molar-refractivity contribution in [1.82, 2.24) is 15.5 Å². The first-order valence-electron chi connectivity index (χ1n) is 10.2. The van der Waals surface area contributed by atoms with Crippen LogP contribution in [-0.4, -0.2) is 44.2 Å². The molecule has 1 fully saturated rings. The number of hydrogen-bond acceptors (Lipinski definition) is 3. The molecule has 2 aromatic rings. The Balaban J connectivity index is 1.46. The van der Waals surface area contributed by atoms with Crippen LogP contribution >= 0.6 is 0 Å². The Hall–Kier alpha value is -2.37. The molecule has 0 aromatic heterocycles. The number of hydrogen-bond donors (Lipinski definition) is 2. The summed E-state index contributed by atoms with van der Waals surface area (Å²) in [5.74, 6) is 0.822. The van der Waals surface area contributed by atoms with E-state index in [2.05, 4.69) is 76.0 Å². The number of aliphatic imine (C=N–C) groups is 1. The average Bonchev–Trinajstić information content (AvgIpc) is 2.76. The number of morpholine rings is 1. The smallest absolute Gasteiger partial charge is 0.191 e. The van der Waals surface area contributed by atoms with Crippen LogP contribution < -0.4 is 10.6 Å². The maximum Gasteiger partial charge on any atom is 0.191 e. The molecule has 0 bridgehead atoms. The summed E-state index contributed by atoms with van der Waals surface area (Å²) in [6.45, 7) is 8.45. The number of benzene rings is 2. The van der Waals surface area contributed by atoms with E-state index in [0.717, 1.165) is 58.3 Å². The van der Waals surface area contributed by atoms with Crippen molar-refractivity contribution in [1.29, 1.82) is 0 Å². The first-order valence-corrected chi connectivity index (χ1v) is 10.2. The van der Waals surface area contributed by atoms with Gasteiger partial charge in [-0.2, -0.15) is 0 Å². The first kappa shape index (κ1) is 20.4. The molecule has 0 atom stereocenters. The lowest BCUT2D eigenvalue weighted by Gasteiger charge is -2.26. The molecule has 1 saturated heterocycles. The van der Waals surface area contributed by atoms with Crippen LogP contribution in [0.4, 0.5) is 0 Å². The highest BCUT2D eigenvalue weighted by molar-refractivity contribution is 5.79. The minimum Gasteiger partial charge on any atom is -0.379 e. The Morgan fingerprint density at radius 1 is 0.929 bits per heavy atom. The quantitative estimate of drug-likeness (QED) is 0.573. The van der Waals surface area contributed by atoms with Gasteiger partial charge in [-0.25, -0.2) is 0 Å². The number of guanidine groups is 1. The number of nitrogens with one attached hydrogen (secondary N) is 2. The Morgan fingerprint density at radius 2 is 1.57 bits per heavy atom. The van der Waals surface area contributed by atoms with Crippen molar-refractivity contribution in [3.05, 3.63) is 70.8 Å². The first-order chi connectivity index (χ1) is 13.8. The number of rotatable bonds is 7. The molecule has 28 heavy (non-hydrogen) atoms. The number of nitrogens with zero attached hydrogens (tertiary/aromatic N) is 2. The van der Waals surface area contributed by atoms with E-state index in [-0.39, 0.29) is 0 Å².